The van der Waals surface area contributed by atoms with E-state index in [0.29, 0.717) is 9.23 Å². The Bertz CT molecular complexity index is 820. The Morgan fingerprint density at radius 3 is 2.78 bits per heavy atom. The monoisotopic (exact) mass is 341 g/mol. The zero-order valence-electron chi connectivity index (χ0n) is 12.8. The number of carbonyl (C=O) groups is 1. The van der Waals surface area contributed by atoms with Gasteiger partial charge in [-0.1, -0.05) is 42.2 Å². The average Bonchev–Trinajstić information content (AvgIpc) is 3.12. The summed E-state index contributed by atoms with van der Waals surface area (Å²) >= 11 is 6.71. The summed E-state index contributed by atoms with van der Waals surface area (Å²) in [6.45, 7) is 4.03. The molecule has 0 N–H and O–H groups in total. The number of anilines is 1. The van der Waals surface area contributed by atoms with Crippen LogP contribution in [0.15, 0.2) is 58.1 Å². The number of benzene rings is 1. The van der Waals surface area contributed by atoms with Crippen molar-refractivity contribution in [3.63, 3.8) is 0 Å². The van der Waals surface area contributed by atoms with Gasteiger partial charge in [-0.15, -0.1) is 0 Å². The molecule has 1 aliphatic heterocycles. The number of aryl methyl sites for hydroxylation is 1. The van der Waals surface area contributed by atoms with E-state index in [0.717, 1.165) is 22.6 Å². The molecule has 0 radical (unpaired) electrons. The van der Waals surface area contributed by atoms with Gasteiger partial charge in [0.2, 0.25) is 0 Å². The van der Waals surface area contributed by atoms with E-state index in [4.69, 9.17) is 16.6 Å². The summed E-state index contributed by atoms with van der Waals surface area (Å²) in [5.74, 6) is 0.657. The van der Waals surface area contributed by atoms with E-state index in [9.17, 15) is 4.79 Å². The minimum Gasteiger partial charge on any atom is -0.465 e. The topological polar surface area (TPSA) is 33.5 Å². The number of hydrogen-bond donors (Lipinski definition) is 0. The largest absolute Gasteiger partial charge is 0.465 e. The minimum atomic E-state index is -0.0854. The molecule has 3 nitrogen and oxygen atoms in total. The quantitative estimate of drug-likeness (QED) is 0.590. The number of thioether (sulfide) groups is 1. The summed E-state index contributed by atoms with van der Waals surface area (Å²) in [6.07, 6.45) is 6.99. The summed E-state index contributed by atoms with van der Waals surface area (Å²) < 4.78 is 5.78. The molecule has 0 atom stereocenters. The first-order valence-corrected chi connectivity index (χ1v) is 8.35. The first kappa shape index (κ1) is 15.8. The highest BCUT2D eigenvalue weighted by atomic mass is 32.2. The lowest BCUT2D eigenvalue weighted by Crippen LogP contribution is -2.28. The summed E-state index contributed by atoms with van der Waals surface area (Å²) in [4.78, 5) is 14.9. The van der Waals surface area contributed by atoms with Gasteiger partial charge in [0.05, 0.1) is 16.9 Å². The lowest BCUT2D eigenvalue weighted by molar-refractivity contribution is -0.113. The molecule has 116 valence electrons. The van der Waals surface area contributed by atoms with E-state index in [1.807, 2.05) is 50.3 Å². The molecular formula is C18H15NO2S2. The fourth-order valence-corrected chi connectivity index (χ4v) is 3.52. The second kappa shape index (κ2) is 6.56. The minimum absolute atomic E-state index is 0.0854. The van der Waals surface area contributed by atoms with Crippen molar-refractivity contribution in [3.05, 3.63) is 70.5 Å². The van der Waals surface area contributed by atoms with Gasteiger partial charge in [-0.05, 0) is 55.3 Å². The van der Waals surface area contributed by atoms with E-state index < -0.39 is 0 Å². The van der Waals surface area contributed by atoms with Gasteiger partial charge in [-0.2, -0.15) is 0 Å². The third-order valence-corrected chi connectivity index (χ3v) is 4.98. The number of nitrogens with zero attached hydrogens (tertiary/aromatic N) is 1. The Hall–Kier alpha value is -2.11. The maximum absolute atomic E-state index is 12.7. The molecule has 0 unspecified atom stereocenters. The molecule has 23 heavy (non-hydrogen) atoms. The molecule has 1 amide bonds. The SMILES string of the molecule is Cc1cccc(N2C(=O)/C(=C/C=C/c3ccco3)SC2=S)c1C. The molecule has 1 aromatic carbocycles. The number of hydrogen-bond acceptors (Lipinski definition) is 4. The van der Waals surface area contributed by atoms with E-state index in [2.05, 4.69) is 0 Å². The van der Waals surface area contributed by atoms with Crippen LogP contribution in [0.2, 0.25) is 0 Å². The van der Waals surface area contributed by atoms with Crippen LogP contribution in [0.5, 0.6) is 0 Å². The maximum atomic E-state index is 12.7. The first-order valence-electron chi connectivity index (χ1n) is 7.12. The Morgan fingerprint density at radius 2 is 2.04 bits per heavy atom. The molecule has 0 saturated carbocycles. The standard InChI is InChI=1S/C18H15NO2S2/c1-12-6-3-9-15(13(12)2)19-17(20)16(23-18(19)22)10-4-7-14-8-5-11-21-14/h3-11H,1-2H3/b7-4+,16-10-. The van der Waals surface area contributed by atoms with Crippen LogP contribution in [-0.2, 0) is 4.79 Å². The lowest BCUT2D eigenvalue weighted by atomic mass is 10.1. The summed E-state index contributed by atoms with van der Waals surface area (Å²) in [6, 6.07) is 9.56. The Kier molecular flexibility index (Phi) is 4.50. The van der Waals surface area contributed by atoms with Crippen LogP contribution >= 0.6 is 24.0 Å². The average molecular weight is 341 g/mol. The van der Waals surface area contributed by atoms with Crippen LogP contribution < -0.4 is 4.90 Å². The van der Waals surface area contributed by atoms with Gasteiger partial charge >= 0.3 is 0 Å². The molecule has 2 heterocycles. The van der Waals surface area contributed by atoms with Gasteiger partial charge in [-0.25, -0.2) is 0 Å². The molecular weight excluding hydrogens is 326 g/mol. The second-order valence-corrected chi connectivity index (χ2v) is 6.81. The van der Waals surface area contributed by atoms with Crippen LogP contribution in [0, 0.1) is 13.8 Å². The first-order chi connectivity index (χ1) is 11.1. The molecule has 3 rings (SSSR count). The molecule has 1 fully saturated rings. The number of carbonyl (C=O) groups excluding carboxylic acids is 1. The number of thiocarbonyl (C=S) groups is 1. The van der Waals surface area contributed by atoms with Gasteiger partial charge < -0.3 is 4.42 Å². The van der Waals surface area contributed by atoms with E-state index >= 15 is 0 Å². The molecule has 0 spiro atoms. The predicted octanol–water partition coefficient (Wildman–Crippen LogP) is 4.86. The number of furan rings is 1. The van der Waals surface area contributed by atoms with E-state index in [1.54, 1.807) is 23.3 Å². The van der Waals surface area contributed by atoms with Crippen molar-refractivity contribution in [2.45, 2.75) is 13.8 Å². The van der Waals surface area contributed by atoms with Crippen LogP contribution in [0.1, 0.15) is 16.9 Å². The third-order valence-electron chi connectivity index (χ3n) is 3.66. The Morgan fingerprint density at radius 1 is 1.22 bits per heavy atom. The van der Waals surface area contributed by atoms with E-state index in [-0.39, 0.29) is 5.91 Å². The fourth-order valence-electron chi connectivity index (χ4n) is 2.28. The predicted molar refractivity (Wildman–Crippen MR) is 99.4 cm³/mol. The van der Waals surface area contributed by atoms with Crippen molar-refractivity contribution in [1.82, 2.24) is 0 Å². The van der Waals surface area contributed by atoms with Gasteiger partial charge in [-0.3, -0.25) is 9.69 Å². The third kappa shape index (κ3) is 3.16. The maximum Gasteiger partial charge on any atom is 0.270 e. The van der Waals surface area contributed by atoms with E-state index in [1.165, 1.54) is 11.8 Å². The van der Waals surface area contributed by atoms with Crippen LogP contribution in [0.3, 0.4) is 0 Å². The summed E-state index contributed by atoms with van der Waals surface area (Å²) in [5, 5.41) is 0. The highest BCUT2D eigenvalue weighted by Crippen LogP contribution is 2.36. The van der Waals surface area contributed by atoms with Crippen molar-refractivity contribution >= 4 is 46.0 Å². The fraction of sp³-hybridized carbons (Fsp3) is 0.111. The molecule has 1 aliphatic rings. The molecule has 0 bridgehead atoms. The van der Waals surface area contributed by atoms with Crippen molar-refractivity contribution in [2.75, 3.05) is 4.90 Å². The zero-order valence-corrected chi connectivity index (χ0v) is 14.4. The van der Waals surface area contributed by atoms with Crippen molar-refractivity contribution in [3.8, 4) is 0 Å². The molecule has 5 heteroatoms. The smallest absolute Gasteiger partial charge is 0.270 e. The zero-order chi connectivity index (χ0) is 16.4. The van der Waals surface area contributed by atoms with Crippen LogP contribution in [0.4, 0.5) is 5.69 Å². The number of allylic oxidation sites excluding steroid dienone is 2. The van der Waals surface area contributed by atoms with Gasteiger partial charge in [0.25, 0.3) is 5.91 Å². The van der Waals surface area contributed by atoms with Gasteiger partial charge in [0, 0.05) is 0 Å². The van der Waals surface area contributed by atoms with Gasteiger partial charge in [0.15, 0.2) is 4.32 Å². The van der Waals surface area contributed by atoms with Crippen molar-refractivity contribution < 1.29 is 9.21 Å². The Balaban J connectivity index is 1.87. The lowest BCUT2D eigenvalue weighted by Gasteiger charge is -2.18. The summed E-state index contributed by atoms with van der Waals surface area (Å²) in [5.41, 5.74) is 3.06. The van der Waals surface area contributed by atoms with Crippen LogP contribution in [0.25, 0.3) is 6.08 Å². The Labute approximate surface area is 144 Å². The normalized spacial score (nSPS) is 17.0. The molecule has 2 aromatic rings. The summed E-state index contributed by atoms with van der Waals surface area (Å²) in [7, 11) is 0. The highest BCUT2D eigenvalue weighted by Gasteiger charge is 2.33. The molecule has 1 aromatic heterocycles. The number of rotatable bonds is 3. The molecule has 1 saturated heterocycles. The van der Waals surface area contributed by atoms with Crippen molar-refractivity contribution in [1.29, 1.82) is 0 Å². The number of amides is 1. The molecule has 0 aliphatic carbocycles. The van der Waals surface area contributed by atoms with Crippen molar-refractivity contribution in [2.24, 2.45) is 0 Å². The highest BCUT2D eigenvalue weighted by molar-refractivity contribution is 8.27. The van der Waals surface area contributed by atoms with Crippen LogP contribution in [-0.4, -0.2) is 10.2 Å². The second-order valence-electron chi connectivity index (χ2n) is 5.13. The van der Waals surface area contributed by atoms with Gasteiger partial charge in [0.1, 0.15) is 5.76 Å².